The lowest BCUT2D eigenvalue weighted by atomic mass is 10.2. The molecule has 1 heterocycles. The van der Waals surface area contributed by atoms with E-state index in [0.717, 1.165) is 17.2 Å². The van der Waals surface area contributed by atoms with Crippen LogP contribution in [0.25, 0.3) is 0 Å². The molecule has 0 unspecified atom stereocenters. The summed E-state index contributed by atoms with van der Waals surface area (Å²) in [4.78, 5) is 0. The molecule has 0 radical (unpaired) electrons. The number of ether oxygens (including phenoxy) is 2. The van der Waals surface area contributed by atoms with Crippen LogP contribution in [0.5, 0.6) is 11.5 Å². The van der Waals surface area contributed by atoms with Gasteiger partial charge in [0.2, 0.25) is 0 Å². The molecule has 3 aromatic rings. The fraction of sp³-hybridized carbons (Fsp3) is 0.158. The van der Waals surface area contributed by atoms with E-state index >= 15 is 0 Å². The zero-order valence-corrected chi connectivity index (χ0v) is 14.4. The standard InChI is InChI=1S/C19H17F2NO2S/c1-12-2-17(23-8-13-4-15(20)6-16(21)5-13)7-18(3-12)24-9-14-10-25-11-19(14)22/h2-7,10-11H,8-9,22H2,1H3. The van der Waals surface area contributed by atoms with Gasteiger partial charge in [-0.15, -0.1) is 11.3 Å². The third kappa shape index (κ3) is 4.70. The van der Waals surface area contributed by atoms with E-state index in [9.17, 15) is 8.78 Å². The van der Waals surface area contributed by atoms with Gasteiger partial charge < -0.3 is 15.2 Å². The predicted octanol–water partition coefficient (Wildman–Crippen LogP) is 5.07. The number of nitrogen functional groups attached to an aromatic ring is 1. The molecule has 6 heteroatoms. The molecule has 3 nitrogen and oxygen atoms in total. The minimum atomic E-state index is -0.625. The minimum absolute atomic E-state index is 0.0645. The second-order valence-electron chi connectivity index (χ2n) is 5.69. The third-order valence-electron chi connectivity index (χ3n) is 3.52. The van der Waals surface area contributed by atoms with Crippen molar-refractivity contribution in [3.8, 4) is 11.5 Å². The molecule has 25 heavy (non-hydrogen) atoms. The number of thiophene rings is 1. The lowest BCUT2D eigenvalue weighted by molar-refractivity contribution is 0.289. The molecule has 0 spiro atoms. The maximum atomic E-state index is 13.2. The Bertz CT molecular complexity index is 859. The summed E-state index contributed by atoms with van der Waals surface area (Å²) in [5.74, 6) is -0.0376. The third-order valence-corrected chi connectivity index (χ3v) is 4.33. The van der Waals surface area contributed by atoms with Crippen LogP contribution in [0, 0.1) is 18.6 Å². The van der Waals surface area contributed by atoms with Crippen LogP contribution >= 0.6 is 11.3 Å². The average molecular weight is 361 g/mol. The Morgan fingerprint density at radius 1 is 0.880 bits per heavy atom. The fourth-order valence-electron chi connectivity index (χ4n) is 2.35. The smallest absolute Gasteiger partial charge is 0.126 e. The molecule has 1 aromatic heterocycles. The second-order valence-corrected chi connectivity index (χ2v) is 6.43. The Morgan fingerprint density at radius 2 is 1.52 bits per heavy atom. The van der Waals surface area contributed by atoms with E-state index in [0.29, 0.717) is 29.4 Å². The molecule has 0 aliphatic carbocycles. The van der Waals surface area contributed by atoms with Gasteiger partial charge >= 0.3 is 0 Å². The number of rotatable bonds is 6. The summed E-state index contributed by atoms with van der Waals surface area (Å²) in [5.41, 5.74) is 8.87. The van der Waals surface area contributed by atoms with Crippen LogP contribution in [0.4, 0.5) is 14.5 Å². The summed E-state index contributed by atoms with van der Waals surface area (Å²) in [7, 11) is 0. The van der Waals surface area contributed by atoms with Gasteiger partial charge in [0.1, 0.15) is 36.3 Å². The molecular formula is C19H17F2NO2S. The molecule has 0 amide bonds. The first-order valence-electron chi connectivity index (χ1n) is 7.62. The van der Waals surface area contributed by atoms with Crippen LogP contribution in [-0.4, -0.2) is 0 Å². The van der Waals surface area contributed by atoms with Gasteiger partial charge in [-0.05, 0) is 47.7 Å². The molecule has 0 aliphatic heterocycles. The molecular weight excluding hydrogens is 344 g/mol. The fourth-order valence-corrected chi connectivity index (χ4v) is 3.09. The average Bonchev–Trinajstić information content (AvgIpc) is 2.95. The lowest BCUT2D eigenvalue weighted by Crippen LogP contribution is -2.00. The van der Waals surface area contributed by atoms with Crippen molar-refractivity contribution >= 4 is 17.0 Å². The van der Waals surface area contributed by atoms with Crippen LogP contribution in [0.1, 0.15) is 16.7 Å². The van der Waals surface area contributed by atoms with Crippen LogP contribution < -0.4 is 15.2 Å². The second kappa shape index (κ2) is 7.53. The van der Waals surface area contributed by atoms with Crippen LogP contribution in [0.15, 0.2) is 47.2 Å². The minimum Gasteiger partial charge on any atom is -0.489 e. The topological polar surface area (TPSA) is 44.5 Å². The molecule has 0 bridgehead atoms. The molecule has 0 atom stereocenters. The molecule has 130 valence electrons. The first-order chi connectivity index (χ1) is 12.0. The van der Waals surface area contributed by atoms with Crippen molar-refractivity contribution in [2.45, 2.75) is 20.1 Å². The largest absolute Gasteiger partial charge is 0.489 e. The number of hydrogen-bond donors (Lipinski definition) is 1. The molecule has 2 N–H and O–H groups in total. The van der Waals surface area contributed by atoms with Gasteiger partial charge in [0.05, 0.1) is 0 Å². The van der Waals surface area contributed by atoms with Crippen LogP contribution in [0.3, 0.4) is 0 Å². The maximum absolute atomic E-state index is 13.2. The number of aryl methyl sites for hydroxylation is 1. The van der Waals surface area contributed by atoms with E-state index in [2.05, 4.69) is 0 Å². The molecule has 0 aliphatic rings. The number of anilines is 1. The van der Waals surface area contributed by atoms with E-state index in [1.54, 1.807) is 6.07 Å². The van der Waals surface area contributed by atoms with E-state index in [-0.39, 0.29) is 6.61 Å². The van der Waals surface area contributed by atoms with Gasteiger partial charge in [0, 0.05) is 28.8 Å². The highest BCUT2D eigenvalue weighted by Gasteiger charge is 2.06. The lowest BCUT2D eigenvalue weighted by Gasteiger charge is -2.11. The van der Waals surface area contributed by atoms with Crippen molar-refractivity contribution in [1.82, 2.24) is 0 Å². The molecule has 0 fully saturated rings. The normalized spacial score (nSPS) is 10.7. The Labute approximate surface area is 148 Å². The van der Waals surface area contributed by atoms with Gasteiger partial charge in [-0.25, -0.2) is 8.78 Å². The monoisotopic (exact) mass is 361 g/mol. The Hall–Kier alpha value is -2.60. The summed E-state index contributed by atoms with van der Waals surface area (Å²) < 4.78 is 37.9. The molecule has 0 saturated heterocycles. The first-order valence-corrected chi connectivity index (χ1v) is 8.57. The maximum Gasteiger partial charge on any atom is 0.126 e. The van der Waals surface area contributed by atoms with E-state index in [1.807, 2.05) is 29.8 Å². The van der Waals surface area contributed by atoms with Crippen LogP contribution in [0.2, 0.25) is 0 Å². The number of nitrogens with two attached hydrogens (primary N) is 1. The summed E-state index contributed by atoms with van der Waals surface area (Å²) in [6.45, 7) is 2.35. The summed E-state index contributed by atoms with van der Waals surface area (Å²) in [5, 5.41) is 3.81. The quantitative estimate of drug-likeness (QED) is 0.666. The highest BCUT2D eigenvalue weighted by Crippen LogP contribution is 2.26. The van der Waals surface area contributed by atoms with Gasteiger partial charge in [-0.2, -0.15) is 0 Å². The number of hydrogen-bond acceptors (Lipinski definition) is 4. The van der Waals surface area contributed by atoms with Crippen molar-refractivity contribution in [1.29, 1.82) is 0 Å². The van der Waals surface area contributed by atoms with Gasteiger partial charge in [0.25, 0.3) is 0 Å². The zero-order valence-electron chi connectivity index (χ0n) is 13.6. The highest BCUT2D eigenvalue weighted by molar-refractivity contribution is 7.08. The number of benzene rings is 2. The van der Waals surface area contributed by atoms with Gasteiger partial charge in [-0.3, -0.25) is 0 Å². The summed E-state index contributed by atoms with van der Waals surface area (Å²) in [6.07, 6.45) is 0. The van der Waals surface area contributed by atoms with Crippen molar-refractivity contribution in [3.05, 3.63) is 75.5 Å². The van der Waals surface area contributed by atoms with Crippen molar-refractivity contribution < 1.29 is 18.3 Å². The van der Waals surface area contributed by atoms with Crippen molar-refractivity contribution in [2.24, 2.45) is 0 Å². The summed E-state index contributed by atoms with van der Waals surface area (Å²) >= 11 is 1.52. The van der Waals surface area contributed by atoms with Crippen molar-refractivity contribution in [3.63, 3.8) is 0 Å². The van der Waals surface area contributed by atoms with E-state index in [4.69, 9.17) is 15.2 Å². The van der Waals surface area contributed by atoms with E-state index < -0.39 is 11.6 Å². The zero-order chi connectivity index (χ0) is 17.8. The Kier molecular flexibility index (Phi) is 5.19. The van der Waals surface area contributed by atoms with Gasteiger partial charge in [0.15, 0.2) is 0 Å². The molecule has 2 aromatic carbocycles. The van der Waals surface area contributed by atoms with Crippen molar-refractivity contribution in [2.75, 3.05) is 5.73 Å². The predicted molar refractivity (Wildman–Crippen MR) is 94.9 cm³/mol. The van der Waals surface area contributed by atoms with E-state index in [1.165, 1.54) is 23.5 Å². The van der Waals surface area contributed by atoms with Crippen LogP contribution in [-0.2, 0) is 13.2 Å². The highest BCUT2D eigenvalue weighted by atomic mass is 32.1. The Balaban J connectivity index is 1.67. The number of halogens is 2. The first kappa shape index (κ1) is 17.2. The SMILES string of the molecule is Cc1cc(OCc2cc(F)cc(F)c2)cc(OCc2cscc2N)c1. The Morgan fingerprint density at radius 3 is 2.12 bits per heavy atom. The molecule has 3 rings (SSSR count). The van der Waals surface area contributed by atoms with Gasteiger partial charge in [-0.1, -0.05) is 0 Å². The molecule has 0 saturated carbocycles. The summed E-state index contributed by atoms with van der Waals surface area (Å²) in [6, 6.07) is 8.79.